The maximum absolute atomic E-state index is 10.8. The topological polar surface area (TPSA) is 46.6 Å². The smallest absolute Gasteiger partial charge is 0.304 e. The molecule has 1 aliphatic rings. The van der Waals surface area contributed by atoms with Crippen LogP contribution in [0.5, 0.6) is 0 Å². The first-order valence-electron chi connectivity index (χ1n) is 3.18. The number of hydrogen-bond donors (Lipinski definition) is 0. The molecule has 0 N–H and O–H groups in total. The average molecular weight is 175 g/mol. The van der Waals surface area contributed by atoms with Crippen LogP contribution in [0.3, 0.4) is 0 Å². The van der Waals surface area contributed by atoms with E-state index < -0.39 is 0 Å². The zero-order valence-corrected chi connectivity index (χ0v) is 7.18. The van der Waals surface area contributed by atoms with Crippen LogP contribution in [0, 0.1) is 0 Å². The second-order valence-electron chi connectivity index (χ2n) is 2.17. The fraction of sp³-hybridized carbons (Fsp3) is 0.667. The van der Waals surface area contributed by atoms with E-state index >= 15 is 0 Å². The highest BCUT2D eigenvalue weighted by Gasteiger charge is 2.38. The van der Waals surface area contributed by atoms with Crippen molar-refractivity contribution < 1.29 is 14.3 Å². The van der Waals surface area contributed by atoms with Gasteiger partial charge in [-0.15, -0.1) is 0 Å². The van der Waals surface area contributed by atoms with Crippen LogP contribution in [-0.4, -0.2) is 28.7 Å². The van der Waals surface area contributed by atoms with Crippen LogP contribution < -0.4 is 0 Å². The molecule has 1 aliphatic heterocycles. The van der Waals surface area contributed by atoms with Crippen LogP contribution in [0.1, 0.15) is 13.3 Å². The van der Waals surface area contributed by atoms with Gasteiger partial charge >= 0.3 is 5.97 Å². The second kappa shape index (κ2) is 3.13. The quantitative estimate of drug-likeness (QED) is 0.346. The van der Waals surface area contributed by atoms with Gasteiger partial charge in [0.2, 0.25) is 5.91 Å². The van der Waals surface area contributed by atoms with Crippen LogP contribution in [0.25, 0.3) is 0 Å². The lowest BCUT2D eigenvalue weighted by Crippen LogP contribution is -2.50. The predicted molar refractivity (Wildman–Crippen MR) is 40.5 cm³/mol. The van der Waals surface area contributed by atoms with Crippen LogP contribution in [-0.2, 0) is 14.3 Å². The number of hydrogen-bond acceptors (Lipinski definition) is 4. The predicted octanol–water partition coefficient (Wildman–Crippen LogP) is 0.386. The third-order valence-electron chi connectivity index (χ3n) is 1.36. The number of ether oxygens (including phenoxy) is 1. The summed E-state index contributed by atoms with van der Waals surface area (Å²) in [5, 5.41) is 0. The van der Waals surface area contributed by atoms with Gasteiger partial charge in [-0.3, -0.25) is 9.59 Å². The molecule has 0 saturated carbocycles. The Morgan fingerprint density at radius 1 is 1.82 bits per heavy atom. The van der Waals surface area contributed by atoms with Crippen molar-refractivity contribution in [1.82, 2.24) is 4.31 Å². The molecule has 1 saturated heterocycles. The highest BCUT2D eigenvalue weighted by molar-refractivity contribution is 7.96. The molecule has 0 bridgehead atoms. The molecule has 0 aromatic heterocycles. The Morgan fingerprint density at radius 2 is 2.45 bits per heavy atom. The van der Waals surface area contributed by atoms with Crippen molar-refractivity contribution in [3.63, 3.8) is 0 Å². The van der Waals surface area contributed by atoms with Crippen LogP contribution in [0.2, 0.25) is 0 Å². The molecule has 1 atom stereocenters. The lowest BCUT2D eigenvalue weighted by Gasteiger charge is -2.36. The molecule has 0 aliphatic carbocycles. The van der Waals surface area contributed by atoms with E-state index in [1.807, 2.05) is 0 Å². The summed E-state index contributed by atoms with van der Waals surface area (Å²) in [4.78, 5) is 21.2. The fourth-order valence-electron chi connectivity index (χ4n) is 0.871. The number of esters is 1. The normalized spacial score (nSPS) is 22.9. The van der Waals surface area contributed by atoms with Crippen molar-refractivity contribution in [3.8, 4) is 0 Å². The summed E-state index contributed by atoms with van der Waals surface area (Å²) in [7, 11) is 0. The maximum Gasteiger partial charge on any atom is 0.304 e. The Hall–Kier alpha value is -0.710. The van der Waals surface area contributed by atoms with Gasteiger partial charge in [-0.1, -0.05) is 0 Å². The molecule has 4 nitrogen and oxygen atoms in total. The van der Waals surface area contributed by atoms with Gasteiger partial charge in [-0.25, -0.2) is 4.31 Å². The zero-order valence-electron chi connectivity index (χ0n) is 6.36. The van der Waals surface area contributed by atoms with Gasteiger partial charge < -0.3 is 4.74 Å². The van der Waals surface area contributed by atoms with Crippen molar-refractivity contribution in [3.05, 3.63) is 0 Å². The minimum absolute atomic E-state index is 0.0174. The van der Waals surface area contributed by atoms with Crippen LogP contribution in [0.4, 0.5) is 0 Å². The Balaban J connectivity index is 2.38. The Morgan fingerprint density at radius 3 is 2.82 bits per heavy atom. The fourth-order valence-corrected chi connectivity index (χ4v) is 1.50. The molecule has 1 rings (SSSR count). The highest BCUT2D eigenvalue weighted by atomic mass is 32.2. The first kappa shape index (κ1) is 8.39. The van der Waals surface area contributed by atoms with Crippen molar-refractivity contribution in [1.29, 1.82) is 0 Å². The Kier molecular flexibility index (Phi) is 2.38. The summed E-state index contributed by atoms with van der Waals surface area (Å²) in [5.74, 6) is -0.328. The first-order chi connectivity index (χ1) is 5.15. The second-order valence-corrected chi connectivity index (χ2v) is 2.93. The number of carbonyl (C=O) groups is 2. The minimum atomic E-state index is -0.346. The molecular weight excluding hydrogens is 166 g/mol. The molecular formula is C6H9NO3S. The van der Waals surface area contributed by atoms with E-state index in [4.69, 9.17) is 4.74 Å². The maximum atomic E-state index is 10.8. The standard InChI is InChI=1S/C6H9NO3S/c1-4(8)10-6-3-5(9)7(6)11-2/h6H,3H2,1-2H3/t6-/m0/s1. The lowest BCUT2D eigenvalue weighted by molar-refractivity contribution is -0.169. The van der Waals surface area contributed by atoms with Crippen LogP contribution in [0.15, 0.2) is 0 Å². The monoisotopic (exact) mass is 175 g/mol. The van der Waals surface area contributed by atoms with Gasteiger partial charge in [0.1, 0.15) is 0 Å². The summed E-state index contributed by atoms with van der Waals surface area (Å²) in [6, 6.07) is 0. The molecule has 62 valence electrons. The highest BCUT2D eigenvalue weighted by Crippen LogP contribution is 2.26. The molecule has 0 radical (unpaired) electrons. The number of β-lactam (4-membered cyclic amide) rings is 1. The van der Waals surface area contributed by atoms with E-state index in [-0.39, 0.29) is 18.1 Å². The van der Waals surface area contributed by atoms with Gasteiger partial charge in [-0.2, -0.15) is 0 Å². The number of carbonyl (C=O) groups excluding carboxylic acids is 2. The molecule has 11 heavy (non-hydrogen) atoms. The van der Waals surface area contributed by atoms with Crippen LogP contribution >= 0.6 is 11.9 Å². The average Bonchev–Trinajstić information content (AvgIpc) is 1.86. The van der Waals surface area contributed by atoms with Crippen molar-refractivity contribution in [2.75, 3.05) is 6.26 Å². The van der Waals surface area contributed by atoms with Gasteiger partial charge in [0, 0.05) is 13.2 Å². The Labute approximate surface area is 69.0 Å². The minimum Gasteiger partial charge on any atom is -0.440 e. The van der Waals surface area contributed by atoms with E-state index in [2.05, 4.69) is 0 Å². The van der Waals surface area contributed by atoms with E-state index in [9.17, 15) is 9.59 Å². The number of nitrogens with zero attached hydrogens (tertiary/aromatic N) is 1. The molecule has 1 fully saturated rings. The summed E-state index contributed by atoms with van der Waals surface area (Å²) in [5.41, 5.74) is 0. The van der Waals surface area contributed by atoms with Gasteiger partial charge in [0.15, 0.2) is 6.23 Å². The lowest BCUT2D eigenvalue weighted by atomic mass is 10.2. The summed E-state index contributed by atoms with van der Waals surface area (Å²) >= 11 is 1.28. The molecule has 1 heterocycles. The third-order valence-corrected chi connectivity index (χ3v) is 2.19. The first-order valence-corrected chi connectivity index (χ1v) is 4.36. The van der Waals surface area contributed by atoms with Gasteiger partial charge in [0.25, 0.3) is 0 Å². The summed E-state index contributed by atoms with van der Waals surface area (Å²) in [6.07, 6.45) is 1.75. The molecule has 1 amide bonds. The van der Waals surface area contributed by atoms with Crippen molar-refractivity contribution >= 4 is 23.8 Å². The molecule has 0 spiro atoms. The molecule has 0 aromatic rings. The van der Waals surface area contributed by atoms with Crippen molar-refractivity contribution in [2.45, 2.75) is 19.6 Å². The summed E-state index contributed by atoms with van der Waals surface area (Å²) in [6.45, 7) is 1.33. The number of amides is 1. The number of rotatable bonds is 2. The van der Waals surface area contributed by atoms with Gasteiger partial charge in [0.05, 0.1) is 6.42 Å². The third kappa shape index (κ3) is 1.65. The largest absolute Gasteiger partial charge is 0.440 e. The van der Waals surface area contributed by atoms with E-state index in [0.29, 0.717) is 6.42 Å². The molecule has 0 unspecified atom stereocenters. The van der Waals surface area contributed by atoms with Gasteiger partial charge in [-0.05, 0) is 11.9 Å². The molecule has 5 heteroatoms. The van der Waals surface area contributed by atoms with E-state index in [1.54, 1.807) is 6.26 Å². The Bertz CT molecular complexity index is 194. The zero-order chi connectivity index (χ0) is 8.43. The van der Waals surface area contributed by atoms with Crippen molar-refractivity contribution in [2.24, 2.45) is 0 Å². The van der Waals surface area contributed by atoms with E-state index in [1.165, 1.54) is 23.2 Å². The molecule has 0 aromatic carbocycles. The van der Waals surface area contributed by atoms with E-state index in [0.717, 1.165) is 0 Å². The SMILES string of the molecule is CSN1C(=O)C[C@@H]1OC(C)=O. The summed E-state index contributed by atoms with van der Waals surface area (Å²) < 4.78 is 6.25.